The summed E-state index contributed by atoms with van der Waals surface area (Å²) in [5.41, 5.74) is 0. The molecule has 0 saturated heterocycles. The van der Waals surface area contributed by atoms with Crippen LogP contribution < -0.4 is 0 Å². The SMILES string of the molecule is CCCCCCCCCCCCCCCCO[Si](C)(OC)OC. The first-order valence-corrected chi connectivity index (χ1v) is 12.1. The zero-order valence-corrected chi connectivity index (χ0v) is 17.3. The summed E-state index contributed by atoms with van der Waals surface area (Å²) in [6.45, 7) is 4.99. The van der Waals surface area contributed by atoms with Crippen LogP contribution in [0.25, 0.3) is 0 Å². The highest BCUT2D eigenvalue weighted by Crippen LogP contribution is 2.13. The molecule has 0 bridgehead atoms. The van der Waals surface area contributed by atoms with Gasteiger partial charge in [-0.3, -0.25) is 0 Å². The maximum absolute atomic E-state index is 5.73. The van der Waals surface area contributed by atoms with Crippen molar-refractivity contribution in [3.05, 3.63) is 0 Å². The van der Waals surface area contributed by atoms with E-state index < -0.39 is 8.80 Å². The van der Waals surface area contributed by atoms with Crippen molar-refractivity contribution in [3.8, 4) is 0 Å². The van der Waals surface area contributed by atoms with Gasteiger partial charge in [0.05, 0.1) is 0 Å². The summed E-state index contributed by atoms with van der Waals surface area (Å²) < 4.78 is 16.3. The van der Waals surface area contributed by atoms with Crippen LogP contribution in [-0.2, 0) is 13.3 Å². The molecule has 0 N–H and O–H groups in total. The van der Waals surface area contributed by atoms with E-state index in [9.17, 15) is 0 Å². The number of rotatable bonds is 18. The van der Waals surface area contributed by atoms with Crippen LogP contribution in [0.2, 0.25) is 6.55 Å². The average molecular weight is 347 g/mol. The topological polar surface area (TPSA) is 27.7 Å². The van der Waals surface area contributed by atoms with E-state index in [2.05, 4.69) is 6.92 Å². The molecule has 0 rings (SSSR count). The van der Waals surface area contributed by atoms with Gasteiger partial charge in [0.1, 0.15) is 0 Å². The number of unbranched alkanes of at least 4 members (excludes halogenated alkanes) is 13. The van der Waals surface area contributed by atoms with Gasteiger partial charge < -0.3 is 13.3 Å². The third kappa shape index (κ3) is 15.4. The van der Waals surface area contributed by atoms with Gasteiger partial charge in [0.15, 0.2) is 0 Å². The Morgan fingerprint density at radius 3 is 1.26 bits per heavy atom. The lowest BCUT2D eigenvalue weighted by atomic mass is 10.0. The molecule has 0 aromatic heterocycles. The third-order valence-electron chi connectivity index (χ3n) is 4.60. The van der Waals surface area contributed by atoms with Crippen molar-refractivity contribution >= 4 is 8.80 Å². The lowest BCUT2D eigenvalue weighted by Gasteiger charge is -2.21. The van der Waals surface area contributed by atoms with Crippen LogP contribution in [0.5, 0.6) is 0 Å². The fourth-order valence-corrected chi connectivity index (χ4v) is 3.67. The fraction of sp³-hybridized carbons (Fsp3) is 1.00. The van der Waals surface area contributed by atoms with Crippen LogP contribution in [0, 0.1) is 0 Å². The van der Waals surface area contributed by atoms with E-state index >= 15 is 0 Å². The van der Waals surface area contributed by atoms with E-state index in [0.717, 1.165) is 13.0 Å². The molecule has 140 valence electrons. The highest BCUT2D eigenvalue weighted by molar-refractivity contribution is 6.59. The van der Waals surface area contributed by atoms with Gasteiger partial charge >= 0.3 is 8.80 Å². The van der Waals surface area contributed by atoms with E-state index in [-0.39, 0.29) is 0 Å². The molecule has 0 aromatic carbocycles. The van der Waals surface area contributed by atoms with Gasteiger partial charge in [-0.15, -0.1) is 0 Å². The molecular formula is C19H42O3Si. The molecule has 0 heterocycles. The smallest absolute Gasteiger partial charge is 0.377 e. The minimum atomic E-state index is -2.30. The second-order valence-electron chi connectivity index (χ2n) is 6.72. The van der Waals surface area contributed by atoms with Crippen molar-refractivity contribution in [2.45, 2.75) is 103 Å². The Morgan fingerprint density at radius 2 is 0.913 bits per heavy atom. The molecule has 0 amide bonds. The molecule has 0 spiro atoms. The van der Waals surface area contributed by atoms with Crippen LogP contribution in [-0.4, -0.2) is 29.6 Å². The van der Waals surface area contributed by atoms with Crippen LogP contribution in [0.4, 0.5) is 0 Å². The predicted molar refractivity (Wildman–Crippen MR) is 102 cm³/mol. The summed E-state index contributed by atoms with van der Waals surface area (Å²) in [5, 5.41) is 0. The van der Waals surface area contributed by atoms with E-state index in [1.54, 1.807) is 14.2 Å². The maximum atomic E-state index is 5.73. The zero-order valence-electron chi connectivity index (χ0n) is 16.3. The second kappa shape index (κ2) is 16.9. The Kier molecular flexibility index (Phi) is 17.0. The molecule has 0 atom stereocenters. The van der Waals surface area contributed by atoms with Gasteiger partial charge in [0.2, 0.25) is 0 Å². The number of hydrogen-bond acceptors (Lipinski definition) is 3. The van der Waals surface area contributed by atoms with E-state index in [1.807, 2.05) is 6.55 Å². The first-order valence-electron chi connectivity index (χ1n) is 9.92. The van der Waals surface area contributed by atoms with Crippen LogP contribution >= 0.6 is 0 Å². The Balaban J connectivity index is 3.14. The summed E-state index contributed by atoms with van der Waals surface area (Å²) in [6.07, 6.45) is 19.3. The Morgan fingerprint density at radius 1 is 0.565 bits per heavy atom. The Hall–Kier alpha value is 0.0969. The van der Waals surface area contributed by atoms with E-state index in [1.165, 1.54) is 83.5 Å². The van der Waals surface area contributed by atoms with Gasteiger partial charge in [-0.25, -0.2) is 0 Å². The molecule has 0 saturated carbocycles. The fourth-order valence-electron chi connectivity index (χ4n) is 2.76. The molecule has 4 heteroatoms. The van der Waals surface area contributed by atoms with Crippen LogP contribution in [0.3, 0.4) is 0 Å². The molecule has 0 radical (unpaired) electrons. The van der Waals surface area contributed by atoms with Crippen molar-refractivity contribution < 1.29 is 13.3 Å². The van der Waals surface area contributed by atoms with E-state index in [0.29, 0.717) is 0 Å². The minimum Gasteiger partial charge on any atom is -0.377 e. The summed E-state index contributed by atoms with van der Waals surface area (Å²) in [4.78, 5) is 0. The Bertz CT molecular complexity index is 233. The molecule has 0 aromatic rings. The molecular weight excluding hydrogens is 304 g/mol. The van der Waals surface area contributed by atoms with Crippen molar-refractivity contribution in [2.75, 3.05) is 20.8 Å². The molecule has 3 nitrogen and oxygen atoms in total. The lowest BCUT2D eigenvalue weighted by Crippen LogP contribution is -2.40. The molecule has 0 fully saturated rings. The molecule has 0 aliphatic rings. The van der Waals surface area contributed by atoms with Gasteiger partial charge in [-0.05, 0) is 6.42 Å². The normalized spacial score (nSPS) is 12.0. The number of hydrogen-bond donors (Lipinski definition) is 0. The van der Waals surface area contributed by atoms with Crippen LogP contribution in [0.1, 0.15) is 96.8 Å². The van der Waals surface area contributed by atoms with Crippen LogP contribution in [0.15, 0.2) is 0 Å². The van der Waals surface area contributed by atoms with Crippen molar-refractivity contribution in [1.82, 2.24) is 0 Å². The molecule has 0 unspecified atom stereocenters. The first-order chi connectivity index (χ1) is 11.2. The Labute approximate surface area is 146 Å². The van der Waals surface area contributed by atoms with Gasteiger partial charge in [-0.1, -0.05) is 90.4 Å². The monoisotopic (exact) mass is 346 g/mol. The third-order valence-corrected chi connectivity index (χ3v) is 6.82. The molecule has 0 aliphatic heterocycles. The summed E-state index contributed by atoms with van der Waals surface area (Å²) >= 11 is 0. The standard InChI is InChI=1S/C19H42O3Si/c1-5-6-7-8-9-10-11-12-13-14-15-16-17-18-19-22-23(4,20-2)21-3/h5-19H2,1-4H3. The highest BCUT2D eigenvalue weighted by atomic mass is 28.4. The zero-order chi connectivity index (χ0) is 17.2. The van der Waals surface area contributed by atoms with Gasteiger partial charge in [0.25, 0.3) is 0 Å². The van der Waals surface area contributed by atoms with Crippen molar-refractivity contribution in [2.24, 2.45) is 0 Å². The molecule has 0 aliphatic carbocycles. The molecule has 23 heavy (non-hydrogen) atoms. The van der Waals surface area contributed by atoms with E-state index in [4.69, 9.17) is 13.3 Å². The minimum absolute atomic E-state index is 0.766. The summed E-state index contributed by atoms with van der Waals surface area (Å²) in [5.74, 6) is 0. The first kappa shape index (κ1) is 23.1. The largest absolute Gasteiger partial charge is 0.497 e. The lowest BCUT2D eigenvalue weighted by molar-refractivity contribution is 0.104. The summed E-state index contributed by atoms with van der Waals surface area (Å²) in [7, 11) is 1.03. The quantitative estimate of drug-likeness (QED) is 0.214. The predicted octanol–water partition coefficient (Wildman–Crippen LogP) is 6.35. The van der Waals surface area contributed by atoms with Crippen molar-refractivity contribution in [3.63, 3.8) is 0 Å². The van der Waals surface area contributed by atoms with Gasteiger partial charge in [0, 0.05) is 27.4 Å². The average Bonchev–Trinajstić information content (AvgIpc) is 2.58. The highest BCUT2D eigenvalue weighted by Gasteiger charge is 2.31. The summed E-state index contributed by atoms with van der Waals surface area (Å²) in [6, 6.07) is 0. The maximum Gasteiger partial charge on any atom is 0.497 e. The second-order valence-corrected chi connectivity index (χ2v) is 9.55. The van der Waals surface area contributed by atoms with Gasteiger partial charge in [-0.2, -0.15) is 0 Å². The van der Waals surface area contributed by atoms with Crippen molar-refractivity contribution in [1.29, 1.82) is 0 Å².